The van der Waals surface area contributed by atoms with Gasteiger partial charge in [0.2, 0.25) is 11.8 Å². The van der Waals surface area contributed by atoms with E-state index in [1.54, 1.807) is 18.2 Å². The standard InChI is InChI=1S/C13H16N2O5/c1-8(16)14-11-5-4-10(6-12(11)19-3)7-20-13(18)15-9(2)17/h4-6H,7H2,1-3H3,(H,14,16)(H,15,17,18). The predicted octanol–water partition coefficient (Wildman–Crippen LogP) is 1.43. The number of rotatable bonds is 4. The number of imide groups is 1. The molecule has 3 amide bonds. The second-order valence-corrected chi connectivity index (χ2v) is 3.97. The first-order valence-corrected chi connectivity index (χ1v) is 5.81. The van der Waals surface area contributed by atoms with Crippen LogP contribution in [0.3, 0.4) is 0 Å². The zero-order chi connectivity index (χ0) is 15.1. The summed E-state index contributed by atoms with van der Waals surface area (Å²) < 4.78 is 9.98. The van der Waals surface area contributed by atoms with E-state index < -0.39 is 12.0 Å². The smallest absolute Gasteiger partial charge is 0.414 e. The van der Waals surface area contributed by atoms with E-state index in [-0.39, 0.29) is 12.5 Å². The number of benzene rings is 1. The van der Waals surface area contributed by atoms with Gasteiger partial charge in [-0.2, -0.15) is 0 Å². The zero-order valence-corrected chi connectivity index (χ0v) is 11.5. The van der Waals surface area contributed by atoms with Crippen LogP contribution >= 0.6 is 0 Å². The van der Waals surface area contributed by atoms with Crippen molar-refractivity contribution in [2.75, 3.05) is 12.4 Å². The largest absolute Gasteiger partial charge is 0.495 e. The van der Waals surface area contributed by atoms with E-state index in [0.29, 0.717) is 17.0 Å². The third-order valence-corrected chi connectivity index (χ3v) is 2.22. The van der Waals surface area contributed by atoms with Gasteiger partial charge in [0.25, 0.3) is 0 Å². The Bertz CT molecular complexity index is 527. The van der Waals surface area contributed by atoms with Gasteiger partial charge < -0.3 is 14.8 Å². The summed E-state index contributed by atoms with van der Waals surface area (Å²) in [6, 6.07) is 4.95. The van der Waals surface area contributed by atoms with Crippen molar-refractivity contribution in [1.29, 1.82) is 0 Å². The van der Waals surface area contributed by atoms with E-state index in [2.05, 4.69) is 5.32 Å². The molecular formula is C13H16N2O5. The molecule has 0 atom stereocenters. The Morgan fingerprint density at radius 3 is 2.40 bits per heavy atom. The lowest BCUT2D eigenvalue weighted by atomic mass is 10.2. The molecule has 0 spiro atoms. The molecule has 7 heteroatoms. The summed E-state index contributed by atoms with van der Waals surface area (Å²) in [5.74, 6) is -0.255. The highest BCUT2D eigenvalue weighted by molar-refractivity contribution is 5.91. The van der Waals surface area contributed by atoms with Gasteiger partial charge in [0.15, 0.2) is 0 Å². The Kier molecular flexibility index (Phi) is 5.52. The number of ether oxygens (including phenoxy) is 2. The van der Waals surface area contributed by atoms with Crippen molar-refractivity contribution in [1.82, 2.24) is 5.32 Å². The third-order valence-electron chi connectivity index (χ3n) is 2.22. The molecule has 1 rings (SSSR count). The zero-order valence-electron chi connectivity index (χ0n) is 11.5. The molecule has 0 unspecified atom stereocenters. The van der Waals surface area contributed by atoms with Crippen LogP contribution < -0.4 is 15.4 Å². The molecule has 0 aliphatic heterocycles. The van der Waals surface area contributed by atoms with Crippen molar-refractivity contribution in [2.45, 2.75) is 20.5 Å². The maximum atomic E-state index is 11.2. The van der Waals surface area contributed by atoms with Gasteiger partial charge in [0, 0.05) is 13.8 Å². The Morgan fingerprint density at radius 2 is 1.85 bits per heavy atom. The summed E-state index contributed by atoms with van der Waals surface area (Å²) in [6.45, 7) is 2.59. The van der Waals surface area contributed by atoms with Gasteiger partial charge >= 0.3 is 6.09 Å². The first-order valence-electron chi connectivity index (χ1n) is 5.81. The molecule has 20 heavy (non-hydrogen) atoms. The van der Waals surface area contributed by atoms with Gasteiger partial charge in [-0.05, 0) is 17.7 Å². The fraction of sp³-hybridized carbons (Fsp3) is 0.308. The van der Waals surface area contributed by atoms with Crippen LogP contribution in [0.15, 0.2) is 18.2 Å². The number of amides is 3. The summed E-state index contributed by atoms with van der Waals surface area (Å²) in [6.07, 6.45) is -0.817. The molecular weight excluding hydrogens is 264 g/mol. The van der Waals surface area contributed by atoms with Crippen LogP contribution in [-0.4, -0.2) is 25.0 Å². The molecule has 1 aromatic carbocycles. The van der Waals surface area contributed by atoms with Gasteiger partial charge in [-0.15, -0.1) is 0 Å². The highest BCUT2D eigenvalue weighted by Crippen LogP contribution is 2.25. The van der Waals surface area contributed by atoms with Crippen LogP contribution in [0.25, 0.3) is 0 Å². The van der Waals surface area contributed by atoms with Gasteiger partial charge in [0.05, 0.1) is 12.8 Å². The highest BCUT2D eigenvalue weighted by atomic mass is 16.5. The number of methoxy groups -OCH3 is 1. The minimum atomic E-state index is -0.817. The second-order valence-electron chi connectivity index (χ2n) is 3.97. The van der Waals surface area contributed by atoms with E-state index in [1.165, 1.54) is 21.0 Å². The van der Waals surface area contributed by atoms with Crippen LogP contribution in [0, 0.1) is 0 Å². The summed E-state index contributed by atoms with van der Waals surface area (Å²) in [5.41, 5.74) is 1.19. The van der Waals surface area contributed by atoms with Gasteiger partial charge in [-0.3, -0.25) is 14.9 Å². The molecule has 0 heterocycles. The van der Waals surface area contributed by atoms with Gasteiger partial charge in [0.1, 0.15) is 12.4 Å². The van der Waals surface area contributed by atoms with E-state index in [1.807, 2.05) is 5.32 Å². The SMILES string of the molecule is COc1cc(COC(=O)NC(C)=O)ccc1NC(C)=O. The van der Waals surface area contributed by atoms with Crippen LogP contribution in [0.4, 0.5) is 10.5 Å². The molecule has 0 radical (unpaired) electrons. The Hall–Kier alpha value is -2.57. The Balaban J connectivity index is 2.70. The number of hydrogen-bond donors (Lipinski definition) is 2. The molecule has 0 aliphatic carbocycles. The van der Waals surface area contributed by atoms with Crippen LogP contribution in [0.2, 0.25) is 0 Å². The normalized spacial score (nSPS) is 9.55. The lowest BCUT2D eigenvalue weighted by molar-refractivity contribution is -0.118. The Morgan fingerprint density at radius 1 is 1.15 bits per heavy atom. The lowest BCUT2D eigenvalue weighted by Gasteiger charge is -2.11. The van der Waals surface area contributed by atoms with E-state index in [9.17, 15) is 14.4 Å². The van der Waals surface area contributed by atoms with Crippen molar-refractivity contribution in [3.8, 4) is 5.75 Å². The monoisotopic (exact) mass is 280 g/mol. The van der Waals surface area contributed by atoms with Crippen molar-refractivity contribution < 1.29 is 23.9 Å². The molecule has 108 valence electrons. The number of nitrogens with one attached hydrogen (secondary N) is 2. The molecule has 0 bridgehead atoms. The summed E-state index contributed by atoms with van der Waals surface area (Å²) in [7, 11) is 1.47. The van der Waals surface area contributed by atoms with Crippen molar-refractivity contribution in [3.05, 3.63) is 23.8 Å². The molecule has 2 N–H and O–H groups in total. The topological polar surface area (TPSA) is 93.7 Å². The fourth-order valence-corrected chi connectivity index (χ4v) is 1.45. The predicted molar refractivity (Wildman–Crippen MR) is 71.3 cm³/mol. The van der Waals surface area contributed by atoms with E-state index >= 15 is 0 Å². The van der Waals surface area contributed by atoms with Crippen molar-refractivity contribution in [3.63, 3.8) is 0 Å². The minimum Gasteiger partial charge on any atom is -0.495 e. The quantitative estimate of drug-likeness (QED) is 0.870. The van der Waals surface area contributed by atoms with Crippen molar-refractivity contribution >= 4 is 23.6 Å². The maximum Gasteiger partial charge on any atom is 0.414 e. The van der Waals surface area contributed by atoms with E-state index in [4.69, 9.17) is 9.47 Å². The molecule has 0 aromatic heterocycles. The molecule has 0 saturated heterocycles. The number of anilines is 1. The number of carbonyl (C=O) groups is 3. The van der Waals surface area contributed by atoms with Crippen LogP contribution in [0.1, 0.15) is 19.4 Å². The summed E-state index contributed by atoms with van der Waals surface area (Å²) in [5, 5.41) is 4.60. The van der Waals surface area contributed by atoms with Gasteiger partial charge in [-0.25, -0.2) is 4.79 Å². The molecule has 0 aliphatic rings. The second kappa shape index (κ2) is 7.13. The number of alkyl carbamates (subject to hydrolysis) is 1. The van der Waals surface area contributed by atoms with E-state index in [0.717, 1.165) is 0 Å². The van der Waals surface area contributed by atoms with Crippen LogP contribution in [-0.2, 0) is 20.9 Å². The molecule has 0 fully saturated rings. The van der Waals surface area contributed by atoms with Crippen molar-refractivity contribution in [2.24, 2.45) is 0 Å². The number of carbonyl (C=O) groups excluding carboxylic acids is 3. The minimum absolute atomic E-state index is 0.0180. The Labute approximate surface area is 116 Å². The lowest BCUT2D eigenvalue weighted by Crippen LogP contribution is -2.28. The maximum absolute atomic E-state index is 11.2. The fourth-order valence-electron chi connectivity index (χ4n) is 1.45. The van der Waals surface area contributed by atoms with Crippen LogP contribution in [0.5, 0.6) is 5.75 Å². The first kappa shape index (κ1) is 15.5. The highest BCUT2D eigenvalue weighted by Gasteiger charge is 2.08. The first-order chi connectivity index (χ1) is 9.42. The summed E-state index contributed by atoms with van der Waals surface area (Å²) in [4.78, 5) is 32.8. The molecule has 7 nitrogen and oxygen atoms in total. The third kappa shape index (κ3) is 4.97. The molecule has 0 saturated carbocycles. The molecule has 1 aromatic rings. The summed E-state index contributed by atoms with van der Waals surface area (Å²) >= 11 is 0. The number of hydrogen-bond acceptors (Lipinski definition) is 5. The average Bonchev–Trinajstić information content (AvgIpc) is 2.36. The average molecular weight is 280 g/mol. The van der Waals surface area contributed by atoms with Gasteiger partial charge in [-0.1, -0.05) is 6.07 Å².